The van der Waals surface area contributed by atoms with E-state index in [0.29, 0.717) is 5.56 Å². The fourth-order valence-corrected chi connectivity index (χ4v) is 3.01. The summed E-state index contributed by atoms with van der Waals surface area (Å²) in [5.74, 6) is 0.0586. The summed E-state index contributed by atoms with van der Waals surface area (Å²) >= 11 is 0. The summed E-state index contributed by atoms with van der Waals surface area (Å²) in [5, 5.41) is 7.83. The van der Waals surface area contributed by atoms with Crippen molar-refractivity contribution in [2.75, 3.05) is 0 Å². The van der Waals surface area contributed by atoms with Crippen molar-refractivity contribution in [2.24, 2.45) is 5.73 Å². The molecule has 2 aromatic heterocycles. The zero-order chi connectivity index (χ0) is 14.3. The molecule has 5 heteroatoms. The lowest BCUT2D eigenvalue weighted by Crippen LogP contribution is -2.19. The summed E-state index contributed by atoms with van der Waals surface area (Å²) in [5.41, 5.74) is 11.6. The third kappa shape index (κ3) is 1.99. The molecule has 0 spiro atoms. The van der Waals surface area contributed by atoms with Crippen LogP contribution in [0, 0.1) is 19.3 Å². The minimum Gasteiger partial charge on any atom is -0.384 e. The first-order valence-corrected chi connectivity index (χ1v) is 6.96. The van der Waals surface area contributed by atoms with Gasteiger partial charge in [0.2, 0.25) is 0 Å². The molecule has 0 aliphatic heterocycles. The van der Waals surface area contributed by atoms with Crippen molar-refractivity contribution in [2.45, 2.75) is 39.5 Å². The number of amidine groups is 1. The average Bonchev–Trinajstić information content (AvgIpc) is 2.80. The Morgan fingerprint density at radius 3 is 2.80 bits per heavy atom. The average molecular weight is 269 g/mol. The van der Waals surface area contributed by atoms with Gasteiger partial charge in [-0.05, 0) is 45.6 Å². The van der Waals surface area contributed by atoms with Gasteiger partial charge in [-0.25, -0.2) is 4.98 Å². The highest BCUT2D eigenvalue weighted by Crippen LogP contribution is 2.26. The number of hydrogen-bond acceptors (Lipinski definition) is 3. The van der Waals surface area contributed by atoms with E-state index >= 15 is 0 Å². The molecule has 1 aliphatic carbocycles. The van der Waals surface area contributed by atoms with Crippen molar-refractivity contribution in [3.05, 3.63) is 40.7 Å². The Labute approximate surface area is 118 Å². The van der Waals surface area contributed by atoms with E-state index in [1.54, 1.807) is 0 Å². The zero-order valence-corrected chi connectivity index (χ0v) is 11.9. The Balaban J connectivity index is 2.24. The molecule has 1 aliphatic rings. The van der Waals surface area contributed by atoms with Gasteiger partial charge in [-0.2, -0.15) is 0 Å². The van der Waals surface area contributed by atoms with Crippen LogP contribution < -0.4 is 5.73 Å². The lowest BCUT2D eigenvalue weighted by Gasteiger charge is -2.17. The molecule has 3 rings (SSSR count). The van der Waals surface area contributed by atoms with Gasteiger partial charge in [0.15, 0.2) is 0 Å². The van der Waals surface area contributed by atoms with Gasteiger partial charge < -0.3 is 10.3 Å². The third-order valence-corrected chi connectivity index (χ3v) is 3.87. The lowest BCUT2D eigenvalue weighted by atomic mass is 10.0. The zero-order valence-electron chi connectivity index (χ0n) is 11.9. The smallest absolute Gasteiger partial charge is 0.126 e. The van der Waals surface area contributed by atoms with Crippen LogP contribution in [0.5, 0.6) is 0 Å². The van der Waals surface area contributed by atoms with Gasteiger partial charge in [-0.15, -0.1) is 0 Å². The molecule has 0 saturated carbocycles. The van der Waals surface area contributed by atoms with Crippen molar-refractivity contribution in [3.8, 4) is 5.69 Å². The summed E-state index contributed by atoms with van der Waals surface area (Å²) in [7, 11) is 0. The number of imidazole rings is 1. The maximum absolute atomic E-state index is 7.83. The van der Waals surface area contributed by atoms with Gasteiger partial charge in [-0.1, -0.05) is 0 Å². The fourth-order valence-electron chi connectivity index (χ4n) is 3.01. The molecule has 0 bridgehead atoms. The van der Waals surface area contributed by atoms with Crippen LogP contribution in [0.15, 0.2) is 12.4 Å². The largest absolute Gasteiger partial charge is 0.384 e. The van der Waals surface area contributed by atoms with E-state index in [2.05, 4.69) is 14.5 Å². The first-order chi connectivity index (χ1) is 9.58. The van der Waals surface area contributed by atoms with E-state index in [1.807, 2.05) is 26.2 Å². The number of rotatable bonds is 2. The predicted octanol–water partition coefficient (Wildman–Crippen LogP) is 2.05. The summed E-state index contributed by atoms with van der Waals surface area (Å²) in [6, 6.07) is 1.99. The summed E-state index contributed by atoms with van der Waals surface area (Å²) < 4.78 is 2.09. The Morgan fingerprint density at radius 2 is 2.05 bits per heavy atom. The second-order valence-electron chi connectivity index (χ2n) is 5.37. The van der Waals surface area contributed by atoms with E-state index in [9.17, 15) is 0 Å². The maximum Gasteiger partial charge on any atom is 0.126 e. The van der Waals surface area contributed by atoms with Gasteiger partial charge in [0.1, 0.15) is 5.84 Å². The molecule has 5 nitrogen and oxygen atoms in total. The van der Waals surface area contributed by atoms with Crippen molar-refractivity contribution < 1.29 is 0 Å². The Kier molecular flexibility index (Phi) is 3.04. The first-order valence-electron chi connectivity index (χ1n) is 6.96. The SMILES string of the molecule is Cc1cc(-n2cnc3c2CCCC3)c(C(=N)N)c(C)n1. The first kappa shape index (κ1) is 12.8. The van der Waals surface area contributed by atoms with Crippen LogP contribution in [0.2, 0.25) is 0 Å². The predicted molar refractivity (Wildman–Crippen MR) is 78.5 cm³/mol. The van der Waals surface area contributed by atoms with Crippen LogP contribution in [-0.2, 0) is 12.8 Å². The highest BCUT2D eigenvalue weighted by atomic mass is 15.1. The Morgan fingerprint density at radius 1 is 1.30 bits per heavy atom. The van der Waals surface area contributed by atoms with E-state index in [-0.39, 0.29) is 5.84 Å². The number of nitrogen functional groups attached to an aromatic ring is 1. The number of aryl methyl sites for hydroxylation is 3. The van der Waals surface area contributed by atoms with Crippen LogP contribution in [0.4, 0.5) is 0 Å². The van der Waals surface area contributed by atoms with E-state index in [0.717, 1.165) is 29.9 Å². The number of aromatic nitrogens is 3. The number of nitrogens with zero attached hydrogens (tertiary/aromatic N) is 3. The molecule has 0 saturated heterocycles. The van der Waals surface area contributed by atoms with E-state index in [1.165, 1.54) is 24.2 Å². The van der Waals surface area contributed by atoms with Gasteiger partial charge in [-0.3, -0.25) is 10.4 Å². The molecule has 2 aromatic rings. The maximum atomic E-state index is 7.83. The number of nitrogens with one attached hydrogen (secondary N) is 1. The number of pyridine rings is 1. The number of fused-ring (bicyclic) bond motifs is 1. The Bertz CT molecular complexity index is 684. The van der Waals surface area contributed by atoms with Crippen molar-refractivity contribution in [1.82, 2.24) is 14.5 Å². The lowest BCUT2D eigenvalue weighted by molar-refractivity contribution is 0.655. The van der Waals surface area contributed by atoms with Crippen LogP contribution >= 0.6 is 0 Å². The topological polar surface area (TPSA) is 80.6 Å². The minimum absolute atomic E-state index is 0.0586. The van der Waals surface area contributed by atoms with E-state index in [4.69, 9.17) is 11.1 Å². The fraction of sp³-hybridized carbons (Fsp3) is 0.400. The Hall–Kier alpha value is -2.17. The van der Waals surface area contributed by atoms with Crippen LogP contribution in [0.3, 0.4) is 0 Å². The molecule has 0 aromatic carbocycles. The van der Waals surface area contributed by atoms with Gasteiger partial charge in [0, 0.05) is 11.4 Å². The number of nitrogens with two attached hydrogens (primary N) is 1. The van der Waals surface area contributed by atoms with Gasteiger partial charge >= 0.3 is 0 Å². The molecule has 3 N–H and O–H groups in total. The highest BCUT2D eigenvalue weighted by molar-refractivity contribution is 5.99. The highest BCUT2D eigenvalue weighted by Gasteiger charge is 2.20. The van der Waals surface area contributed by atoms with Gasteiger partial charge in [0.05, 0.1) is 29.0 Å². The second kappa shape index (κ2) is 4.74. The van der Waals surface area contributed by atoms with Crippen molar-refractivity contribution in [3.63, 3.8) is 0 Å². The molecule has 0 radical (unpaired) electrons. The molecule has 2 heterocycles. The molecule has 0 atom stereocenters. The standard InChI is InChI=1S/C15H19N5/c1-9-7-13(14(15(16)17)10(2)19-9)20-8-18-11-5-3-4-6-12(11)20/h7-8H,3-6H2,1-2H3,(H3,16,17). The second-order valence-corrected chi connectivity index (χ2v) is 5.37. The van der Waals surface area contributed by atoms with Crippen LogP contribution in [0.25, 0.3) is 5.69 Å². The molecule has 0 amide bonds. The van der Waals surface area contributed by atoms with Gasteiger partial charge in [0.25, 0.3) is 0 Å². The molecular weight excluding hydrogens is 250 g/mol. The van der Waals surface area contributed by atoms with Crippen molar-refractivity contribution >= 4 is 5.84 Å². The third-order valence-electron chi connectivity index (χ3n) is 3.87. The molecule has 104 valence electrons. The summed E-state index contributed by atoms with van der Waals surface area (Å²) in [4.78, 5) is 8.95. The van der Waals surface area contributed by atoms with E-state index < -0.39 is 0 Å². The molecule has 0 unspecified atom stereocenters. The molecule has 20 heavy (non-hydrogen) atoms. The van der Waals surface area contributed by atoms with Crippen molar-refractivity contribution in [1.29, 1.82) is 5.41 Å². The monoisotopic (exact) mass is 269 g/mol. The number of hydrogen-bond donors (Lipinski definition) is 2. The van der Waals surface area contributed by atoms with Crippen LogP contribution in [-0.4, -0.2) is 20.4 Å². The summed E-state index contributed by atoms with van der Waals surface area (Å²) in [6.07, 6.45) is 6.33. The van der Waals surface area contributed by atoms with Crippen LogP contribution in [0.1, 0.15) is 41.2 Å². The molecule has 0 fully saturated rings. The quantitative estimate of drug-likeness (QED) is 0.646. The summed E-state index contributed by atoms with van der Waals surface area (Å²) in [6.45, 7) is 3.86. The minimum atomic E-state index is 0.0586. The normalized spacial score (nSPS) is 14.1. The molecular formula is C15H19N5.